The van der Waals surface area contributed by atoms with Crippen molar-refractivity contribution in [1.29, 1.82) is 0 Å². The first-order valence-electron chi connectivity index (χ1n) is 6.15. The summed E-state index contributed by atoms with van der Waals surface area (Å²) < 4.78 is 7.29. The maximum atomic E-state index is 6.07. The second-order valence-corrected chi connectivity index (χ2v) is 4.77. The van der Waals surface area contributed by atoms with Crippen molar-refractivity contribution in [3.05, 3.63) is 29.9 Å². The van der Waals surface area contributed by atoms with Gasteiger partial charge in [0.15, 0.2) is 0 Å². The Balaban J connectivity index is 2.28. The van der Waals surface area contributed by atoms with Crippen molar-refractivity contribution >= 4 is 11.5 Å². The summed E-state index contributed by atoms with van der Waals surface area (Å²) in [5.74, 6) is 1.73. The molecule has 98 valence electrons. The van der Waals surface area contributed by atoms with Crippen molar-refractivity contribution in [2.24, 2.45) is 0 Å². The SMILES string of the molecule is Cc1nn(C(C)C)c(NC(C)c2ccco2)c1N. The Kier molecular flexibility index (Phi) is 3.32. The van der Waals surface area contributed by atoms with Gasteiger partial charge in [0, 0.05) is 6.04 Å². The second-order valence-electron chi connectivity index (χ2n) is 4.77. The monoisotopic (exact) mass is 248 g/mol. The third kappa shape index (κ3) is 2.20. The van der Waals surface area contributed by atoms with E-state index in [1.54, 1.807) is 6.26 Å². The van der Waals surface area contributed by atoms with Crippen LogP contribution < -0.4 is 11.1 Å². The van der Waals surface area contributed by atoms with Crippen molar-refractivity contribution in [3.63, 3.8) is 0 Å². The number of aromatic nitrogens is 2. The number of hydrogen-bond acceptors (Lipinski definition) is 4. The highest BCUT2D eigenvalue weighted by Gasteiger charge is 2.18. The molecule has 2 rings (SSSR count). The number of nitrogens with one attached hydrogen (secondary N) is 1. The van der Waals surface area contributed by atoms with E-state index in [4.69, 9.17) is 10.2 Å². The fourth-order valence-electron chi connectivity index (χ4n) is 1.89. The van der Waals surface area contributed by atoms with Crippen LogP contribution in [0.15, 0.2) is 22.8 Å². The van der Waals surface area contributed by atoms with E-state index in [0.717, 1.165) is 17.3 Å². The topological polar surface area (TPSA) is 69.0 Å². The predicted molar refractivity (Wildman–Crippen MR) is 72.5 cm³/mol. The molecule has 0 spiro atoms. The van der Waals surface area contributed by atoms with Gasteiger partial charge in [-0.15, -0.1) is 0 Å². The molecule has 0 radical (unpaired) electrons. The van der Waals surface area contributed by atoms with Crippen molar-refractivity contribution in [1.82, 2.24) is 9.78 Å². The highest BCUT2D eigenvalue weighted by Crippen LogP contribution is 2.29. The molecule has 0 saturated heterocycles. The van der Waals surface area contributed by atoms with Crippen LogP contribution >= 0.6 is 0 Å². The lowest BCUT2D eigenvalue weighted by atomic mass is 10.2. The minimum atomic E-state index is 0.0518. The summed E-state index contributed by atoms with van der Waals surface area (Å²) in [5.41, 5.74) is 7.61. The van der Waals surface area contributed by atoms with E-state index in [2.05, 4.69) is 24.3 Å². The molecule has 0 aromatic carbocycles. The van der Waals surface area contributed by atoms with Gasteiger partial charge in [-0.1, -0.05) is 0 Å². The molecule has 0 saturated carbocycles. The van der Waals surface area contributed by atoms with Crippen LogP contribution in [-0.4, -0.2) is 9.78 Å². The molecule has 2 aromatic rings. The summed E-state index contributed by atoms with van der Waals surface area (Å²) in [6.45, 7) is 8.10. The lowest BCUT2D eigenvalue weighted by Gasteiger charge is -2.17. The molecular weight excluding hydrogens is 228 g/mol. The molecule has 0 amide bonds. The van der Waals surface area contributed by atoms with Crippen molar-refractivity contribution in [2.75, 3.05) is 11.1 Å². The molecule has 2 heterocycles. The molecule has 0 bridgehead atoms. The summed E-state index contributed by atoms with van der Waals surface area (Å²) >= 11 is 0. The van der Waals surface area contributed by atoms with Gasteiger partial charge in [0.05, 0.1) is 23.7 Å². The average Bonchev–Trinajstić information content (AvgIpc) is 2.92. The molecule has 18 heavy (non-hydrogen) atoms. The van der Waals surface area contributed by atoms with Crippen LogP contribution in [0.1, 0.15) is 44.3 Å². The van der Waals surface area contributed by atoms with E-state index in [1.165, 1.54) is 0 Å². The van der Waals surface area contributed by atoms with Gasteiger partial charge in [0.25, 0.3) is 0 Å². The normalized spacial score (nSPS) is 12.9. The molecule has 1 atom stereocenters. The minimum absolute atomic E-state index is 0.0518. The van der Waals surface area contributed by atoms with E-state index in [-0.39, 0.29) is 12.1 Å². The zero-order chi connectivity index (χ0) is 13.3. The number of anilines is 2. The van der Waals surface area contributed by atoms with Crippen LogP contribution in [0.2, 0.25) is 0 Å². The number of aryl methyl sites for hydroxylation is 1. The van der Waals surface area contributed by atoms with Crippen LogP contribution in [0.3, 0.4) is 0 Å². The molecule has 0 fully saturated rings. The first-order valence-corrected chi connectivity index (χ1v) is 6.15. The first kappa shape index (κ1) is 12.5. The molecule has 5 nitrogen and oxygen atoms in total. The lowest BCUT2D eigenvalue weighted by Crippen LogP contribution is -2.13. The van der Waals surface area contributed by atoms with Gasteiger partial charge < -0.3 is 15.5 Å². The molecule has 0 aliphatic rings. The summed E-state index contributed by atoms with van der Waals surface area (Å²) in [4.78, 5) is 0. The maximum absolute atomic E-state index is 6.07. The Morgan fingerprint density at radius 3 is 2.67 bits per heavy atom. The zero-order valence-corrected chi connectivity index (χ0v) is 11.3. The Labute approximate surface area is 107 Å². The van der Waals surface area contributed by atoms with Crippen LogP contribution in [0, 0.1) is 6.92 Å². The van der Waals surface area contributed by atoms with E-state index in [0.29, 0.717) is 5.69 Å². The van der Waals surface area contributed by atoms with Gasteiger partial charge >= 0.3 is 0 Å². The third-order valence-corrected chi connectivity index (χ3v) is 2.94. The highest BCUT2D eigenvalue weighted by molar-refractivity contribution is 5.65. The van der Waals surface area contributed by atoms with E-state index >= 15 is 0 Å². The molecule has 2 aromatic heterocycles. The number of nitrogens with zero attached hydrogens (tertiary/aromatic N) is 2. The minimum Gasteiger partial charge on any atom is -0.467 e. The van der Waals surface area contributed by atoms with E-state index < -0.39 is 0 Å². The molecular formula is C13H20N4O. The van der Waals surface area contributed by atoms with Crippen LogP contribution in [0.4, 0.5) is 11.5 Å². The zero-order valence-electron chi connectivity index (χ0n) is 11.3. The highest BCUT2D eigenvalue weighted by atomic mass is 16.3. The predicted octanol–water partition coefficient (Wildman–Crippen LogP) is 3.12. The Morgan fingerprint density at radius 1 is 1.39 bits per heavy atom. The Morgan fingerprint density at radius 2 is 2.11 bits per heavy atom. The van der Waals surface area contributed by atoms with Crippen molar-refractivity contribution < 1.29 is 4.42 Å². The number of nitrogens with two attached hydrogens (primary N) is 1. The van der Waals surface area contributed by atoms with Crippen molar-refractivity contribution in [3.8, 4) is 0 Å². The smallest absolute Gasteiger partial charge is 0.148 e. The quantitative estimate of drug-likeness (QED) is 0.872. The molecule has 3 N–H and O–H groups in total. The molecule has 0 aliphatic carbocycles. The van der Waals surface area contributed by atoms with E-state index in [1.807, 2.05) is 30.7 Å². The standard InChI is InChI=1S/C13H20N4O/c1-8(2)17-13(12(14)10(4)16-17)15-9(3)11-6-5-7-18-11/h5-9,15H,14H2,1-4H3. The van der Waals surface area contributed by atoms with E-state index in [9.17, 15) is 0 Å². The first-order chi connectivity index (χ1) is 8.50. The number of furan rings is 1. The summed E-state index contributed by atoms with van der Waals surface area (Å²) in [6.07, 6.45) is 1.67. The molecule has 0 aliphatic heterocycles. The fraction of sp³-hybridized carbons (Fsp3) is 0.462. The van der Waals surface area contributed by atoms with Gasteiger partial charge in [-0.3, -0.25) is 0 Å². The number of rotatable bonds is 4. The van der Waals surface area contributed by atoms with Gasteiger partial charge in [-0.2, -0.15) is 5.10 Å². The van der Waals surface area contributed by atoms with Gasteiger partial charge in [0.2, 0.25) is 0 Å². The molecule has 5 heteroatoms. The van der Waals surface area contributed by atoms with Gasteiger partial charge in [-0.05, 0) is 39.8 Å². The maximum Gasteiger partial charge on any atom is 0.148 e. The second kappa shape index (κ2) is 4.76. The third-order valence-electron chi connectivity index (χ3n) is 2.94. The van der Waals surface area contributed by atoms with Crippen molar-refractivity contribution in [2.45, 2.75) is 39.8 Å². The Bertz CT molecular complexity index is 513. The summed E-state index contributed by atoms with van der Waals surface area (Å²) in [6, 6.07) is 4.13. The van der Waals surface area contributed by atoms with Crippen LogP contribution in [0.25, 0.3) is 0 Å². The van der Waals surface area contributed by atoms with Crippen LogP contribution in [0.5, 0.6) is 0 Å². The number of nitrogen functional groups attached to an aromatic ring is 1. The summed E-state index contributed by atoms with van der Waals surface area (Å²) in [5, 5.41) is 7.81. The number of hydrogen-bond donors (Lipinski definition) is 2. The average molecular weight is 248 g/mol. The lowest BCUT2D eigenvalue weighted by molar-refractivity contribution is 0.484. The largest absolute Gasteiger partial charge is 0.467 e. The summed E-state index contributed by atoms with van der Waals surface area (Å²) in [7, 11) is 0. The van der Waals surface area contributed by atoms with Crippen LogP contribution in [-0.2, 0) is 0 Å². The van der Waals surface area contributed by atoms with Gasteiger partial charge in [-0.25, -0.2) is 4.68 Å². The fourth-order valence-corrected chi connectivity index (χ4v) is 1.89. The van der Waals surface area contributed by atoms with Gasteiger partial charge in [0.1, 0.15) is 11.6 Å². The Hall–Kier alpha value is -1.91. The molecule has 1 unspecified atom stereocenters.